The Balaban J connectivity index is 1.36. The molecule has 0 radical (unpaired) electrons. The fraction of sp³-hybridized carbons (Fsp3) is 0.261. The molecule has 1 saturated heterocycles. The van der Waals surface area contributed by atoms with Crippen LogP contribution in [0.5, 0.6) is 0 Å². The van der Waals surface area contributed by atoms with Crippen molar-refractivity contribution in [2.75, 3.05) is 36.4 Å². The molecule has 1 aromatic heterocycles. The smallest absolute Gasteiger partial charge is 0.321 e. The van der Waals surface area contributed by atoms with Crippen molar-refractivity contribution in [2.45, 2.75) is 13.3 Å². The van der Waals surface area contributed by atoms with Gasteiger partial charge in [-0.1, -0.05) is 49.4 Å². The summed E-state index contributed by atoms with van der Waals surface area (Å²) in [4.78, 5) is 25.5. The van der Waals surface area contributed by atoms with Crippen LogP contribution in [0, 0.1) is 0 Å². The third-order valence-corrected chi connectivity index (χ3v) is 5.23. The first-order chi connectivity index (χ1) is 14.2. The normalized spacial score (nSPS) is 14.0. The number of piperazine rings is 1. The molecule has 0 spiro atoms. The van der Waals surface area contributed by atoms with Crippen LogP contribution in [0.2, 0.25) is 0 Å². The van der Waals surface area contributed by atoms with Crippen molar-refractivity contribution in [1.82, 2.24) is 14.9 Å². The van der Waals surface area contributed by atoms with Crippen LogP contribution < -0.4 is 10.2 Å². The van der Waals surface area contributed by atoms with Crippen molar-refractivity contribution in [2.24, 2.45) is 0 Å². The molecule has 0 unspecified atom stereocenters. The Kier molecular flexibility index (Phi) is 5.70. The van der Waals surface area contributed by atoms with Gasteiger partial charge in [0.25, 0.3) is 0 Å². The average molecular weight is 387 g/mol. The Hall–Kier alpha value is -3.41. The van der Waals surface area contributed by atoms with Crippen LogP contribution >= 0.6 is 0 Å². The van der Waals surface area contributed by atoms with Gasteiger partial charge in [-0.05, 0) is 24.1 Å². The SMILES string of the molecule is CCc1ccc(NC(=O)N2CCN(c3cc(-c4ccccc4)ncn3)CC2)cc1. The van der Waals surface area contributed by atoms with Gasteiger partial charge in [0.1, 0.15) is 12.1 Å². The van der Waals surface area contributed by atoms with E-state index in [4.69, 9.17) is 0 Å². The zero-order valence-corrected chi connectivity index (χ0v) is 16.6. The predicted octanol–water partition coefficient (Wildman–Crippen LogP) is 4.06. The Labute approximate surface area is 171 Å². The minimum Gasteiger partial charge on any atom is -0.353 e. The minimum atomic E-state index is -0.0541. The number of carbonyl (C=O) groups excluding carboxylic acids is 1. The molecule has 148 valence electrons. The molecule has 6 heteroatoms. The Morgan fingerprint density at radius 2 is 1.69 bits per heavy atom. The quantitative estimate of drug-likeness (QED) is 0.733. The summed E-state index contributed by atoms with van der Waals surface area (Å²) in [5.74, 6) is 0.897. The van der Waals surface area contributed by atoms with E-state index in [0.29, 0.717) is 13.1 Å². The van der Waals surface area contributed by atoms with Gasteiger partial charge < -0.3 is 15.1 Å². The van der Waals surface area contributed by atoms with Crippen LogP contribution in [0.15, 0.2) is 67.0 Å². The molecule has 1 aliphatic rings. The third-order valence-electron chi connectivity index (χ3n) is 5.23. The largest absolute Gasteiger partial charge is 0.353 e. The number of nitrogens with zero attached hydrogens (tertiary/aromatic N) is 4. The lowest BCUT2D eigenvalue weighted by atomic mass is 10.1. The topological polar surface area (TPSA) is 61.4 Å². The number of urea groups is 1. The number of hydrogen-bond donors (Lipinski definition) is 1. The summed E-state index contributed by atoms with van der Waals surface area (Å²) in [6.07, 6.45) is 2.60. The molecule has 3 aromatic rings. The summed E-state index contributed by atoms with van der Waals surface area (Å²) < 4.78 is 0. The summed E-state index contributed by atoms with van der Waals surface area (Å²) >= 11 is 0. The zero-order chi connectivity index (χ0) is 20.1. The van der Waals surface area contributed by atoms with Crippen LogP contribution in [0.1, 0.15) is 12.5 Å². The van der Waals surface area contributed by atoms with E-state index in [1.807, 2.05) is 65.6 Å². The minimum absolute atomic E-state index is 0.0541. The average Bonchev–Trinajstić information content (AvgIpc) is 2.80. The highest BCUT2D eigenvalue weighted by atomic mass is 16.2. The molecule has 2 aromatic carbocycles. The predicted molar refractivity (Wildman–Crippen MR) is 116 cm³/mol. The highest BCUT2D eigenvalue weighted by molar-refractivity contribution is 5.89. The van der Waals surface area contributed by atoms with Gasteiger partial charge in [-0.15, -0.1) is 0 Å². The summed E-state index contributed by atoms with van der Waals surface area (Å²) in [5.41, 5.74) is 4.07. The van der Waals surface area contributed by atoms with Crippen LogP contribution in [0.4, 0.5) is 16.3 Å². The maximum absolute atomic E-state index is 12.6. The fourth-order valence-electron chi connectivity index (χ4n) is 3.45. The molecule has 0 saturated carbocycles. The highest BCUT2D eigenvalue weighted by Crippen LogP contribution is 2.21. The van der Waals surface area contributed by atoms with E-state index in [2.05, 4.69) is 27.1 Å². The molecule has 29 heavy (non-hydrogen) atoms. The highest BCUT2D eigenvalue weighted by Gasteiger charge is 2.22. The molecule has 6 nitrogen and oxygen atoms in total. The van der Waals surface area contributed by atoms with Crippen molar-refractivity contribution < 1.29 is 4.79 Å². The van der Waals surface area contributed by atoms with Gasteiger partial charge in [-0.2, -0.15) is 0 Å². The number of carbonyl (C=O) groups is 1. The molecular formula is C23H25N5O. The van der Waals surface area contributed by atoms with E-state index in [0.717, 1.165) is 42.3 Å². The van der Waals surface area contributed by atoms with E-state index in [-0.39, 0.29) is 6.03 Å². The van der Waals surface area contributed by atoms with Gasteiger partial charge >= 0.3 is 6.03 Å². The lowest BCUT2D eigenvalue weighted by Gasteiger charge is -2.35. The first-order valence-electron chi connectivity index (χ1n) is 10.00. The number of benzene rings is 2. The third kappa shape index (κ3) is 4.54. The molecule has 0 bridgehead atoms. The van der Waals surface area contributed by atoms with Gasteiger partial charge in [0, 0.05) is 43.5 Å². The summed E-state index contributed by atoms with van der Waals surface area (Å²) in [6.45, 7) is 4.92. The van der Waals surface area contributed by atoms with Crippen LogP contribution in [0.3, 0.4) is 0 Å². The number of hydrogen-bond acceptors (Lipinski definition) is 4. The number of aromatic nitrogens is 2. The van der Waals surface area contributed by atoms with Crippen molar-refractivity contribution in [3.63, 3.8) is 0 Å². The second-order valence-corrected chi connectivity index (χ2v) is 7.08. The van der Waals surface area contributed by atoms with Gasteiger partial charge in [0.05, 0.1) is 5.69 Å². The van der Waals surface area contributed by atoms with Gasteiger partial charge in [-0.25, -0.2) is 14.8 Å². The van der Waals surface area contributed by atoms with Crippen LogP contribution in [-0.4, -0.2) is 47.1 Å². The molecule has 0 aliphatic carbocycles. The summed E-state index contributed by atoms with van der Waals surface area (Å²) in [7, 11) is 0. The Morgan fingerprint density at radius 1 is 0.966 bits per heavy atom. The molecule has 2 amide bonds. The molecule has 2 heterocycles. The van der Waals surface area contributed by atoms with Gasteiger partial charge in [0.15, 0.2) is 0 Å². The molecule has 1 aliphatic heterocycles. The summed E-state index contributed by atoms with van der Waals surface area (Å²) in [5, 5.41) is 2.99. The first-order valence-corrected chi connectivity index (χ1v) is 10.00. The van der Waals surface area contributed by atoms with Crippen molar-refractivity contribution in [3.05, 3.63) is 72.6 Å². The van der Waals surface area contributed by atoms with E-state index in [1.54, 1.807) is 6.33 Å². The summed E-state index contributed by atoms with van der Waals surface area (Å²) in [6, 6.07) is 20.1. The second-order valence-electron chi connectivity index (χ2n) is 7.08. The van der Waals surface area contributed by atoms with Crippen molar-refractivity contribution >= 4 is 17.5 Å². The van der Waals surface area contributed by atoms with Gasteiger partial charge in [0.2, 0.25) is 0 Å². The number of rotatable bonds is 4. The van der Waals surface area contributed by atoms with Gasteiger partial charge in [-0.3, -0.25) is 0 Å². The zero-order valence-electron chi connectivity index (χ0n) is 16.6. The van der Waals surface area contributed by atoms with E-state index in [1.165, 1.54) is 5.56 Å². The number of nitrogens with one attached hydrogen (secondary N) is 1. The molecule has 4 rings (SSSR count). The first kappa shape index (κ1) is 18.9. The second kappa shape index (κ2) is 8.73. The maximum Gasteiger partial charge on any atom is 0.321 e. The van der Waals surface area contributed by atoms with E-state index in [9.17, 15) is 4.79 Å². The van der Waals surface area contributed by atoms with Crippen molar-refractivity contribution in [1.29, 1.82) is 0 Å². The molecule has 1 fully saturated rings. The number of aryl methyl sites for hydroxylation is 1. The fourth-order valence-corrected chi connectivity index (χ4v) is 3.45. The Morgan fingerprint density at radius 3 is 2.38 bits per heavy atom. The standard InChI is InChI=1S/C23H25N5O/c1-2-18-8-10-20(11-9-18)26-23(29)28-14-12-27(13-15-28)22-16-21(24-17-25-22)19-6-4-3-5-7-19/h3-11,16-17H,2,12-15H2,1H3,(H,26,29). The van der Waals surface area contributed by atoms with Crippen molar-refractivity contribution in [3.8, 4) is 11.3 Å². The van der Waals surface area contributed by atoms with Crippen LogP contribution in [-0.2, 0) is 6.42 Å². The Bertz CT molecular complexity index is 951. The lowest BCUT2D eigenvalue weighted by Crippen LogP contribution is -2.50. The number of anilines is 2. The molecule has 0 atom stereocenters. The number of amides is 2. The maximum atomic E-state index is 12.6. The molecule has 1 N–H and O–H groups in total. The van der Waals surface area contributed by atoms with Crippen LogP contribution in [0.25, 0.3) is 11.3 Å². The van der Waals surface area contributed by atoms with E-state index < -0.39 is 0 Å². The van der Waals surface area contributed by atoms with E-state index >= 15 is 0 Å². The molecular weight excluding hydrogens is 362 g/mol. The lowest BCUT2D eigenvalue weighted by molar-refractivity contribution is 0.208. The monoisotopic (exact) mass is 387 g/mol.